The number of nitrogens with zero attached hydrogens (tertiary/aromatic N) is 1. The molecule has 0 aromatic heterocycles. The second-order valence-electron chi connectivity index (χ2n) is 8.88. The van der Waals surface area contributed by atoms with Gasteiger partial charge in [-0.1, -0.05) is 63.9 Å². The number of halogens is 2. The average Bonchev–Trinajstić information content (AvgIpc) is 3.27. The SMILES string of the molecule is Cc1ccccc1OC(=O)[C@H](CC(C)C)N1C(=O)[C@H]2[C@@H]3C[C@H]([C@@H](Br)[C@H]3Br)[C@@H]2C1=O. The van der Waals surface area contributed by atoms with Crippen molar-refractivity contribution in [3.63, 3.8) is 0 Å². The third-order valence-corrected chi connectivity index (χ3v) is 9.81. The number of para-hydroxylation sites is 1. The molecule has 2 amide bonds. The molecule has 2 aliphatic carbocycles. The van der Waals surface area contributed by atoms with Gasteiger partial charge < -0.3 is 4.74 Å². The van der Waals surface area contributed by atoms with Gasteiger partial charge in [0.15, 0.2) is 0 Å². The van der Waals surface area contributed by atoms with Crippen LogP contribution in [0.25, 0.3) is 0 Å². The van der Waals surface area contributed by atoms with Gasteiger partial charge in [0.2, 0.25) is 11.8 Å². The number of esters is 1. The van der Waals surface area contributed by atoms with Crippen molar-refractivity contribution in [3.8, 4) is 5.75 Å². The minimum atomic E-state index is -0.887. The highest BCUT2D eigenvalue weighted by Gasteiger charge is 2.67. The number of benzene rings is 1. The molecule has 7 atom stereocenters. The van der Waals surface area contributed by atoms with E-state index in [-0.39, 0.29) is 51.1 Å². The van der Waals surface area contributed by atoms with Gasteiger partial charge in [0.1, 0.15) is 11.8 Å². The second kappa shape index (κ2) is 7.80. The van der Waals surface area contributed by atoms with Crippen molar-refractivity contribution in [2.75, 3.05) is 0 Å². The number of carbonyl (C=O) groups excluding carboxylic acids is 3. The van der Waals surface area contributed by atoms with E-state index >= 15 is 0 Å². The van der Waals surface area contributed by atoms with Crippen molar-refractivity contribution in [1.82, 2.24) is 4.90 Å². The van der Waals surface area contributed by atoms with E-state index in [1.807, 2.05) is 32.9 Å². The lowest BCUT2D eigenvalue weighted by Gasteiger charge is -2.28. The molecule has 1 aromatic rings. The number of hydrogen-bond acceptors (Lipinski definition) is 4. The fraction of sp³-hybridized carbons (Fsp3) is 0.591. The summed E-state index contributed by atoms with van der Waals surface area (Å²) in [4.78, 5) is 41.4. The molecule has 3 aliphatic rings. The first-order valence-corrected chi connectivity index (χ1v) is 12.0. The van der Waals surface area contributed by atoms with E-state index in [9.17, 15) is 14.4 Å². The molecule has 2 saturated carbocycles. The lowest BCUT2D eigenvalue weighted by atomic mass is 9.81. The molecule has 2 bridgehead atoms. The van der Waals surface area contributed by atoms with Gasteiger partial charge in [-0.3, -0.25) is 14.5 Å². The van der Waals surface area contributed by atoms with E-state index in [4.69, 9.17) is 4.74 Å². The number of imide groups is 1. The van der Waals surface area contributed by atoms with Crippen LogP contribution in [0.5, 0.6) is 5.75 Å². The monoisotopic (exact) mass is 525 g/mol. The Morgan fingerprint density at radius 1 is 1.10 bits per heavy atom. The van der Waals surface area contributed by atoms with Crippen LogP contribution in [-0.2, 0) is 14.4 Å². The fourth-order valence-electron chi connectivity index (χ4n) is 5.28. The van der Waals surface area contributed by atoms with Gasteiger partial charge >= 0.3 is 5.97 Å². The van der Waals surface area contributed by atoms with E-state index in [0.29, 0.717) is 12.2 Å². The third-order valence-electron chi connectivity index (χ3n) is 6.60. The molecule has 29 heavy (non-hydrogen) atoms. The smallest absolute Gasteiger partial charge is 0.334 e. The zero-order chi connectivity index (χ0) is 21.0. The van der Waals surface area contributed by atoms with E-state index in [0.717, 1.165) is 12.0 Å². The van der Waals surface area contributed by atoms with Gasteiger partial charge in [-0.05, 0) is 49.1 Å². The summed E-state index contributed by atoms with van der Waals surface area (Å²) >= 11 is 7.41. The Balaban J connectivity index is 1.62. The molecule has 0 unspecified atom stereocenters. The maximum Gasteiger partial charge on any atom is 0.334 e. The van der Waals surface area contributed by atoms with Crippen LogP contribution in [0, 0.1) is 36.5 Å². The van der Waals surface area contributed by atoms with Gasteiger partial charge in [0.05, 0.1) is 11.8 Å². The van der Waals surface area contributed by atoms with E-state index < -0.39 is 12.0 Å². The third kappa shape index (κ3) is 3.38. The van der Waals surface area contributed by atoms with Crippen molar-refractivity contribution < 1.29 is 19.1 Å². The molecule has 156 valence electrons. The topological polar surface area (TPSA) is 63.7 Å². The van der Waals surface area contributed by atoms with Crippen molar-refractivity contribution in [2.24, 2.45) is 29.6 Å². The quantitative estimate of drug-likeness (QED) is 0.251. The molecule has 7 heteroatoms. The molecule has 1 aromatic carbocycles. The number of carbonyl (C=O) groups is 3. The van der Waals surface area contributed by atoms with Gasteiger partial charge in [-0.2, -0.15) is 0 Å². The van der Waals surface area contributed by atoms with Crippen molar-refractivity contribution in [3.05, 3.63) is 29.8 Å². The Morgan fingerprint density at radius 3 is 2.17 bits per heavy atom. The van der Waals surface area contributed by atoms with Gasteiger partial charge in [0, 0.05) is 9.65 Å². The summed E-state index contributed by atoms with van der Waals surface area (Å²) in [7, 11) is 0. The summed E-state index contributed by atoms with van der Waals surface area (Å²) in [5.74, 6) is -0.744. The molecule has 1 saturated heterocycles. The van der Waals surface area contributed by atoms with Crippen molar-refractivity contribution >= 4 is 49.6 Å². The van der Waals surface area contributed by atoms with E-state index in [2.05, 4.69) is 31.9 Å². The molecule has 5 nitrogen and oxygen atoms in total. The molecule has 0 N–H and O–H groups in total. The van der Waals surface area contributed by atoms with Crippen LogP contribution in [0.15, 0.2) is 24.3 Å². The molecule has 0 spiro atoms. The van der Waals surface area contributed by atoms with Crippen LogP contribution < -0.4 is 4.74 Å². The lowest BCUT2D eigenvalue weighted by Crippen LogP contribution is -2.48. The average molecular weight is 527 g/mol. The maximum absolute atomic E-state index is 13.3. The summed E-state index contributed by atoms with van der Waals surface area (Å²) in [5.41, 5.74) is 0.836. The number of amides is 2. The largest absolute Gasteiger partial charge is 0.425 e. The predicted molar refractivity (Wildman–Crippen MR) is 116 cm³/mol. The molecule has 1 aliphatic heterocycles. The minimum absolute atomic E-state index is 0.128. The highest BCUT2D eigenvalue weighted by molar-refractivity contribution is 9.12. The van der Waals surface area contributed by atoms with E-state index in [1.165, 1.54) is 4.90 Å². The number of likely N-dealkylation sites (tertiary alicyclic amines) is 1. The second-order valence-corrected chi connectivity index (χ2v) is 11.0. The minimum Gasteiger partial charge on any atom is -0.425 e. The Bertz CT molecular complexity index is 825. The number of alkyl halides is 2. The highest BCUT2D eigenvalue weighted by Crippen LogP contribution is 2.60. The van der Waals surface area contributed by atoms with E-state index in [1.54, 1.807) is 12.1 Å². The van der Waals surface area contributed by atoms with Crippen LogP contribution in [-0.4, -0.2) is 38.4 Å². The van der Waals surface area contributed by atoms with Crippen LogP contribution >= 0.6 is 31.9 Å². The molecule has 4 rings (SSSR count). The van der Waals surface area contributed by atoms with Crippen LogP contribution in [0.1, 0.15) is 32.3 Å². The lowest BCUT2D eigenvalue weighted by molar-refractivity contribution is -0.154. The molecule has 1 heterocycles. The first kappa shape index (κ1) is 21.0. The summed E-state index contributed by atoms with van der Waals surface area (Å²) in [5, 5.41) is 0. The van der Waals surface area contributed by atoms with Crippen LogP contribution in [0.2, 0.25) is 0 Å². The molecular weight excluding hydrogens is 502 g/mol. The zero-order valence-electron chi connectivity index (χ0n) is 16.7. The van der Waals surface area contributed by atoms with Gasteiger partial charge in [-0.15, -0.1) is 0 Å². The zero-order valence-corrected chi connectivity index (χ0v) is 19.9. The summed E-state index contributed by atoms with van der Waals surface area (Å²) < 4.78 is 5.65. The first-order valence-electron chi connectivity index (χ1n) is 10.1. The van der Waals surface area contributed by atoms with Crippen molar-refractivity contribution in [2.45, 2.75) is 49.3 Å². The Morgan fingerprint density at radius 2 is 1.66 bits per heavy atom. The fourth-order valence-corrected chi connectivity index (χ4v) is 7.15. The Hall–Kier alpha value is -1.21. The van der Waals surface area contributed by atoms with Gasteiger partial charge in [-0.25, -0.2) is 4.79 Å². The number of hydrogen-bond donors (Lipinski definition) is 0. The Kier molecular flexibility index (Phi) is 5.66. The summed E-state index contributed by atoms with van der Waals surface area (Å²) in [6.07, 6.45) is 1.27. The number of aryl methyl sites for hydroxylation is 1. The standard InChI is InChI=1S/C22H25Br2NO4/c1-10(2)8-14(22(28)29-15-7-5-4-6-11(15)3)25-20(26)16-12-9-13(17(16)21(25)27)19(24)18(12)23/h4-7,10,12-14,16-19H,8-9H2,1-3H3/t12-,13-,14-,16-,17-,18-,19+/m0/s1. The van der Waals surface area contributed by atoms with Gasteiger partial charge in [0.25, 0.3) is 0 Å². The van der Waals surface area contributed by atoms with Crippen molar-refractivity contribution in [1.29, 1.82) is 0 Å². The number of ether oxygens (including phenoxy) is 1. The summed E-state index contributed by atoms with van der Waals surface area (Å²) in [6, 6.07) is 6.37. The highest BCUT2D eigenvalue weighted by atomic mass is 79.9. The summed E-state index contributed by atoms with van der Waals surface area (Å²) in [6.45, 7) is 5.82. The normalized spacial score (nSPS) is 34.1. The van der Waals surface area contributed by atoms with Crippen LogP contribution in [0.3, 0.4) is 0 Å². The Labute approximate surface area is 187 Å². The predicted octanol–water partition coefficient (Wildman–Crippen LogP) is 4.09. The molecular formula is C22H25Br2NO4. The maximum atomic E-state index is 13.3. The molecule has 3 fully saturated rings. The molecule has 0 radical (unpaired) electrons. The number of rotatable bonds is 5. The number of fused-ring (bicyclic) bond motifs is 5. The first-order chi connectivity index (χ1) is 13.7. The van der Waals surface area contributed by atoms with Crippen LogP contribution in [0.4, 0.5) is 0 Å².